The van der Waals surface area contributed by atoms with Gasteiger partial charge in [-0.15, -0.1) is 0 Å². The number of unbranched alkanes of at least 4 members (excludes halogenated alkanes) is 3. The third-order valence-corrected chi connectivity index (χ3v) is 4.07. The fraction of sp³-hybridized carbons (Fsp3) is 0.462. The Morgan fingerprint density at radius 3 is 2.55 bits per heavy atom. The summed E-state index contributed by atoms with van der Waals surface area (Å²) in [5, 5.41) is 9.08. The molecule has 1 rings (SSSR count). The monoisotopic (exact) mass is 320 g/mol. The molecule has 112 valence electrons. The number of carboxylic acids is 1. The number of ether oxygens (including phenoxy) is 1. The average Bonchev–Trinajstić information content (AvgIpc) is 2.37. The number of benzene rings is 1. The van der Waals surface area contributed by atoms with Crippen molar-refractivity contribution < 1.29 is 23.1 Å². The Bertz CT molecular complexity index is 568. The molecule has 0 spiro atoms. The van der Waals surface area contributed by atoms with Crippen molar-refractivity contribution in [1.29, 1.82) is 0 Å². The van der Waals surface area contributed by atoms with Crippen molar-refractivity contribution in [2.24, 2.45) is 0 Å². The van der Waals surface area contributed by atoms with Crippen molar-refractivity contribution in [3.63, 3.8) is 0 Å². The summed E-state index contributed by atoms with van der Waals surface area (Å²) in [6.45, 7) is 2.49. The van der Waals surface area contributed by atoms with Crippen molar-refractivity contribution in [1.82, 2.24) is 0 Å². The van der Waals surface area contributed by atoms with E-state index in [1.165, 1.54) is 12.1 Å². The van der Waals surface area contributed by atoms with Crippen molar-refractivity contribution >= 4 is 25.7 Å². The van der Waals surface area contributed by atoms with Crippen LogP contribution in [0.3, 0.4) is 0 Å². The van der Waals surface area contributed by atoms with E-state index in [1.54, 1.807) is 0 Å². The van der Waals surface area contributed by atoms with E-state index in [2.05, 4.69) is 6.92 Å². The summed E-state index contributed by atoms with van der Waals surface area (Å²) < 4.78 is 27.8. The molecule has 0 atom stereocenters. The van der Waals surface area contributed by atoms with Gasteiger partial charge in [0.1, 0.15) is 11.3 Å². The van der Waals surface area contributed by atoms with Gasteiger partial charge in [-0.2, -0.15) is 0 Å². The Labute approximate surface area is 122 Å². The van der Waals surface area contributed by atoms with Crippen molar-refractivity contribution in [2.45, 2.75) is 37.5 Å². The van der Waals surface area contributed by atoms with Gasteiger partial charge in [0.05, 0.1) is 11.5 Å². The zero-order valence-electron chi connectivity index (χ0n) is 11.1. The van der Waals surface area contributed by atoms with Crippen molar-refractivity contribution in [3.8, 4) is 5.75 Å². The lowest BCUT2D eigenvalue weighted by Crippen LogP contribution is -2.06. The van der Waals surface area contributed by atoms with E-state index in [4.69, 9.17) is 20.5 Å². The van der Waals surface area contributed by atoms with Gasteiger partial charge < -0.3 is 9.84 Å². The van der Waals surface area contributed by atoms with Crippen LogP contribution in [0, 0.1) is 0 Å². The molecule has 1 N–H and O–H groups in total. The smallest absolute Gasteiger partial charge is 0.339 e. The van der Waals surface area contributed by atoms with Crippen LogP contribution in [-0.2, 0) is 9.05 Å². The van der Waals surface area contributed by atoms with Crippen molar-refractivity contribution in [3.05, 3.63) is 23.8 Å². The van der Waals surface area contributed by atoms with Crippen LogP contribution >= 0.6 is 10.7 Å². The van der Waals surface area contributed by atoms with Crippen LogP contribution < -0.4 is 4.74 Å². The molecule has 1 aromatic carbocycles. The molecule has 7 heteroatoms. The largest absolute Gasteiger partial charge is 0.493 e. The SMILES string of the molecule is CCCCCCOc1ccc(S(=O)(=O)Cl)cc1C(=O)O. The lowest BCUT2D eigenvalue weighted by Gasteiger charge is -2.10. The van der Waals surface area contributed by atoms with E-state index in [-0.39, 0.29) is 16.2 Å². The quantitative estimate of drug-likeness (QED) is 0.587. The molecule has 20 heavy (non-hydrogen) atoms. The van der Waals surface area contributed by atoms with E-state index in [0.29, 0.717) is 6.61 Å². The number of halogens is 1. The maximum absolute atomic E-state index is 11.2. The zero-order chi connectivity index (χ0) is 15.2. The Kier molecular flexibility index (Phi) is 6.29. The highest BCUT2D eigenvalue weighted by atomic mass is 35.7. The van der Waals surface area contributed by atoms with Gasteiger partial charge in [-0.05, 0) is 24.6 Å². The first-order chi connectivity index (χ1) is 9.36. The summed E-state index contributed by atoms with van der Waals surface area (Å²) in [6, 6.07) is 3.56. The molecule has 0 aliphatic heterocycles. The standard InChI is InChI=1S/C13H17ClO5S/c1-2-3-4-5-8-19-12-7-6-10(20(14,17)18)9-11(12)13(15)16/h6-7,9H,2-5,8H2,1H3,(H,15,16). The Hall–Kier alpha value is -1.27. The molecule has 0 radical (unpaired) electrons. The Balaban J connectivity index is 2.83. The molecule has 5 nitrogen and oxygen atoms in total. The van der Waals surface area contributed by atoms with Crippen LogP contribution in [-0.4, -0.2) is 26.1 Å². The van der Waals surface area contributed by atoms with Gasteiger partial charge in [0.25, 0.3) is 9.05 Å². The fourth-order valence-electron chi connectivity index (χ4n) is 1.66. The summed E-state index contributed by atoms with van der Waals surface area (Å²) in [6.07, 6.45) is 4.02. The topological polar surface area (TPSA) is 80.7 Å². The first kappa shape index (κ1) is 16.8. The maximum Gasteiger partial charge on any atom is 0.339 e. The molecule has 0 bridgehead atoms. The van der Waals surface area contributed by atoms with Crippen LogP contribution in [0.1, 0.15) is 43.0 Å². The molecule has 0 heterocycles. The summed E-state index contributed by atoms with van der Waals surface area (Å²) >= 11 is 0. The van der Waals surface area contributed by atoms with Gasteiger partial charge in [0.15, 0.2) is 0 Å². The average molecular weight is 321 g/mol. The number of carbonyl (C=O) groups is 1. The minimum absolute atomic E-state index is 0.151. The summed E-state index contributed by atoms with van der Waals surface area (Å²) in [5.74, 6) is -1.10. The lowest BCUT2D eigenvalue weighted by molar-refractivity contribution is 0.0692. The summed E-state index contributed by atoms with van der Waals surface area (Å²) in [7, 11) is 1.23. The van der Waals surface area contributed by atoms with E-state index in [9.17, 15) is 13.2 Å². The highest BCUT2D eigenvalue weighted by Gasteiger charge is 2.17. The highest BCUT2D eigenvalue weighted by Crippen LogP contribution is 2.25. The molecular weight excluding hydrogens is 304 g/mol. The number of hydrogen-bond donors (Lipinski definition) is 1. The number of hydrogen-bond acceptors (Lipinski definition) is 4. The summed E-state index contributed by atoms with van der Waals surface area (Å²) in [4.78, 5) is 10.9. The second-order valence-corrected chi connectivity index (χ2v) is 6.88. The fourth-order valence-corrected chi connectivity index (χ4v) is 2.44. The normalized spacial score (nSPS) is 11.3. The number of rotatable bonds is 8. The Morgan fingerprint density at radius 1 is 1.30 bits per heavy atom. The molecule has 0 aromatic heterocycles. The van der Waals surface area contributed by atoms with E-state index < -0.39 is 15.0 Å². The van der Waals surface area contributed by atoms with E-state index >= 15 is 0 Å². The van der Waals surface area contributed by atoms with Gasteiger partial charge in [-0.1, -0.05) is 26.2 Å². The van der Waals surface area contributed by atoms with Crippen molar-refractivity contribution in [2.75, 3.05) is 6.61 Å². The minimum Gasteiger partial charge on any atom is -0.493 e. The molecule has 0 fully saturated rings. The minimum atomic E-state index is -3.95. The lowest BCUT2D eigenvalue weighted by atomic mass is 10.2. The van der Waals surface area contributed by atoms with Crippen LogP contribution in [0.15, 0.2) is 23.1 Å². The van der Waals surface area contributed by atoms with E-state index in [1.807, 2.05) is 0 Å². The molecule has 0 unspecified atom stereocenters. The van der Waals surface area contributed by atoms with Gasteiger partial charge in [-0.3, -0.25) is 0 Å². The second-order valence-electron chi connectivity index (χ2n) is 4.31. The zero-order valence-corrected chi connectivity index (χ0v) is 12.7. The summed E-state index contributed by atoms with van der Waals surface area (Å²) in [5.41, 5.74) is -0.206. The van der Waals surface area contributed by atoms with Crippen LogP contribution in [0.2, 0.25) is 0 Å². The highest BCUT2D eigenvalue weighted by molar-refractivity contribution is 8.13. The van der Waals surface area contributed by atoms with Gasteiger partial charge in [-0.25, -0.2) is 13.2 Å². The van der Waals surface area contributed by atoms with Crippen LogP contribution in [0.5, 0.6) is 5.75 Å². The first-order valence-electron chi connectivity index (χ1n) is 6.31. The molecule has 0 aliphatic rings. The molecule has 0 amide bonds. The second kappa shape index (κ2) is 7.50. The number of carboxylic acid groups (broad SMARTS) is 1. The molecule has 0 saturated heterocycles. The van der Waals surface area contributed by atoms with Gasteiger partial charge in [0.2, 0.25) is 0 Å². The van der Waals surface area contributed by atoms with E-state index in [0.717, 1.165) is 31.7 Å². The third kappa shape index (κ3) is 5.02. The molecular formula is C13H17ClO5S. The first-order valence-corrected chi connectivity index (χ1v) is 8.62. The predicted molar refractivity (Wildman–Crippen MR) is 76.1 cm³/mol. The third-order valence-electron chi connectivity index (χ3n) is 2.72. The van der Waals surface area contributed by atoms with Gasteiger partial charge >= 0.3 is 5.97 Å². The molecule has 0 aliphatic carbocycles. The maximum atomic E-state index is 11.2. The predicted octanol–water partition coefficient (Wildman–Crippen LogP) is 3.27. The van der Waals surface area contributed by atoms with Crippen LogP contribution in [0.4, 0.5) is 0 Å². The van der Waals surface area contributed by atoms with Gasteiger partial charge in [0, 0.05) is 10.7 Å². The molecule has 0 saturated carbocycles. The Morgan fingerprint density at radius 2 is 2.00 bits per heavy atom. The molecule has 1 aromatic rings. The van der Waals surface area contributed by atoms with Crippen LogP contribution in [0.25, 0.3) is 0 Å². The number of aromatic carboxylic acids is 1.